The Morgan fingerprint density at radius 1 is 1.28 bits per heavy atom. The monoisotopic (exact) mass is 338 g/mol. The summed E-state index contributed by atoms with van der Waals surface area (Å²) in [6, 6.07) is 5.73. The van der Waals surface area contributed by atoms with Crippen molar-refractivity contribution in [2.45, 2.75) is 32.1 Å². The molecule has 25 heavy (non-hydrogen) atoms. The van der Waals surface area contributed by atoms with Crippen molar-refractivity contribution < 1.29 is 9.53 Å². The van der Waals surface area contributed by atoms with Crippen molar-refractivity contribution in [3.63, 3.8) is 0 Å². The highest BCUT2D eigenvalue weighted by molar-refractivity contribution is 6.00. The summed E-state index contributed by atoms with van der Waals surface area (Å²) >= 11 is 0. The number of fused-ring (bicyclic) bond motifs is 3. The molecule has 1 fully saturated rings. The lowest BCUT2D eigenvalue weighted by Gasteiger charge is -2.21. The van der Waals surface area contributed by atoms with E-state index in [1.165, 1.54) is 32.1 Å². The first kappa shape index (κ1) is 15.9. The molecule has 6 nitrogen and oxygen atoms in total. The summed E-state index contributed by atoms with van der Waals surface area (Å²) in [7, 11) is 1.63. The zero-order valence-electron chi connectivity index (χ0n) is 14.4. The number of benzene rings is 1. The molecule has 1 amide bonds. The number of carbonyl (C=O) groups excluding carboxylic acids is 1. The van der Waals surface area contributed by atoms with Crippen molar-refractivity contribution >= 4 is 22.5 Å². The summed E-state index contributed by atoms with van der Waals surface area (Å²) in [6.45, 7) is 0.734. The molecule has 6 heteroatoms. The van der Waals surface area contributed by atoms with Crippen molar-refractivity contribution in [1.82, 2.24) is 19.9 Å². The second kappa shape index (κ2) is 6.70. The van der Waals surface area contributed by atoms with Crippen LogP contribution in [-0.4, -0.2) is 34.2 Å². The second-order valence-electron chi connectivity index (χ2n) is 6.69. The van der Waals surface area contributed by atoms with Gasteiger partial charge in [0.2, 0.25) is 0 Å². The molecule has 1 aromatic carbocycles. The average Bonchev–Trinajstić information content (AvgIpc) is 3.11. The molecule has 130 valence electrons. The van der Waals surface area contributed by atoms with Gasteiger partial charge in [0.1, 0.15) is 11.3 Å². The van der Waals surface area contributed by atoms with E-state index in [1.54, 1.807) is 24.0 Å². The van der Waals surface area contributed by atoms with Crippen molar-refractivity contribution in [2.75, 3.05) is 13.7 Å². The minimum absolute atomic E-state index is 0.102. The Balaban J connectivity index is 1.61. The molecule has 2 aromatic heterocycles. The van der Waals surface area contributed by atoms with Crippen LogP contribution in [-0.2, 0) is 0 Å². The summed E-state index contributed by atoms with van der Waals surface area (Å²) in [5.74, 6) is 1.24. The highest BCUT2D eigenvalue weighted by Gasteiger charge is 2.18. The van der Waals surface area contributed by atoms with E-state index in [2.05, 4.69) is 15.4 Å². The first-order valence-corrected chi connectivity index (χ1v) is 8.85. The molecule has 0 radical (unpaired) electrons. The SMILES string of the molecule is COc1ccc2cnc3c(C(=O)NCC4CCCCC4)cnn3c2c1. The quantitative estimate of drug-likeness (QED) is 0.793. The Kier molecular flexibility index (Phi) is 4.26. The predicted molar refractivity (Wildman–Crippen MR) is 96.0 cm³/mol. The third kappa shape index (κ3) is 3.04. The van der Waals surface area contributed by atoms with Gasteiger partial charge in [0.05, 0.1) is 18.8 Å². The van der Waals surface area contributed by atoms with E-state index in [9.17, 15) is 4.79 Å². The van der Waals surface area contributed by atoms with Gasteiger partial charge in [-0.05, 0) is 30.9 Å². The van der Waals surface area contributed by atoms with Gasteiger partial charge in [-0.2, -0.15) is 5.10 Å². The number of hydrogen-bond donors (Lipinski definition) is 1. The van der Waals surface area contributed by atoms with Crippen molar-refractivity contribution in [1.29, 1.82) is 0 Å². The van der Waals surface area contributed by atoms with Gasteiger partial charge in [-0.1, -0.05) is 19.3 Å². The molecule has 0 spiro atoms. The number of methoxy groups -OCH3 is 1. The minimum atomic E-state index is -0.102. The summed E-state index contributed by atoms with van der Waals surface area (Å²) in [5, 5.41) is 8.39. The van der Waals surface area contributed by atoms with Crippen LogP contribution in [0.25, 0.3) is 16.6 Å². The molecule has 0 saturated heterocycles. The summed E-state index contributed by atoms with van der Waals surface area (Å²) in [6.07, 6.45) is 9.63. The average molecular weight is 338 g/mol. The number of ether oxygens (including phenoxy) is 1. The van der Waals surface area contributed by atoms with Crippen molar-refractivity contribution in [2.24, 2.45) is 5.92 Å². The smallest absolute Gasteiger partial charge is 0.256 e. The second-order valence-corrected chi connectivity index (χ2v) is 6.69. The Bertz CT molecular complexity index is 912. The number of rotatable bonds is 4. The van der Waals surface area contributed by atoms with Crippen LogP contribution in [0.15, 0.2) is 30.6 Å². The highest BCUT2D eigenvalue weighted by Crippen LogP contribution is 2.24. The van der Waals surface area contributed by atoms with E-state index in [0.29, 0.717) is 17.1 Å². The van der Waals surface area contributed by atoms with E-state index >= 15 is 0 Å². The lowest BCUT2D eigenvalue weighted by Crippen LogP contribution is -2.30. The molecule has 0 atom stereocenters. The molecule has 1 aliphatic carbocycles. The van der Waals surface area contributed by atoms with Gasteiger partial charge in [0.25, 0.3) is 5.91 Å². The van der Waals surface area contributed by atoms with Crippen LogP contribution in [0.4, 0.5) is 0 Å². The van der Waals surface area contributed by atoms with Crippen LogP contribution >= 0.6 is 0 Å². The van der Waals surface area contributed by atoms with Gasteiger partial charge in [0.15, 0.2) is 5.65 Å². The number of carbonyl (C=O) groups is 1. The molecule has 1 aliphatic rings. The topological polar surface area (TPSA) is 68.5 Å². The molecular weight excluding hydrogens is 316 g/mol. The predicted octanol–water partition coefficient (Wildman–Crippen LogP) is 3.20. The molecule has 0 aliphatic heterocycles. The Labute approximate surface area is 146 Å². The summed E-state index contributed by atoms with van der Waals surface area (Å²) < 4.78 is 6.99. The normalized spacial score (nSPS) is 15.6. The molecule has 2 heterocycles. The van der Waals surface area contributed by atoms with E-state index in [1.807, 2.05) is 18.2 Å². The first-order chi connectivity index (χ1) is 12.3. The molecule has 1 saturated carbocycles. The molecule has 4 rings (SSSR count). The standard InChI is InChI=1S/C19H22N4O2/c1-25-15-8-7-14-11-20-18-16(12-22-23(18)17(14)9-15)19(24)21-10-13-5-3-2-4-6-13/h7-9,11-13H,2-6,10H2,1H3,(H,21,24). The lowest BCUT2D eigenvalue weighted by molar-refractivity contribution is 0.0945. The summed E-state index contributed by atoms with van der Waals surface area (Å²) in [4.78, 5) is 17.0. The van der Waals surface area contributed by atoms with Crippen LogP contribution < -0.4 is 10.1 Å². The van der Waals surface area contributed by atoms with Gasteiger partial charge in [0, 0.05) is 24.2 Å². The van der Waals surface area contributed by atoms with Crippen LogP contribution in [0, 0.1) is 5.92 Å². The molecule has 1 N–H and O–H groups in total. The molecule has 0 bridgehead atoms. The third-order valence-corrected chi connectivity index (χ3v) is 5.06. The van der Waals surface area contributed by atoms with Crippen LogP contribution in [0.5, 0.6) is 5.75 Å². The fourth-order valence-corrected chi connectivity index (χ4v) is 3.60. The van der Waals surface area contributed by atoms with E-state index < -0.39 is 0 Å². The highest BCUT2D eigenvalue weighted by atomic mass is 16.5. The fraction of sp³-hybridized carbons (Fsp3) is 0.421. The number of amides is 1. The Hall–Kier alpha value is -2.63. The largest absolute Gasteiger partial charge is 0.497 e. The lowest BCUT2D eigenvalue weighted by atomic mass is 9.89. The van der Waals surface area contributed by atoms with Crippen molar-refractivity contribution in [3.8, 4) is 5.75 Å². The molecular formula is C19H22N4O2. The number of aromatic nitrogens is 3. The van der Waals surface area contributed by atoms with Crippen LogP contribution in [0.1, 0.15) is 42.5 Å². The third-order valence-electron chi connectivity index (χ3n) is 5.06. The van der Waals surface area contributed by atoms with Gasteiger partial charge in [-0.25, -0.2) is 9.50 Å². The van der Waals surface area contributed by atoms with Gasteiger partial charge < -0.3 is 10.1 Å². The maximum atomic E-state index is 12.6. The van der Waals surface area contributed by atoms with E-state index in [-0.39, 0.29) is 5.91 Å². The van der Waals surface area contributed by atoms with Gasteiger partial charge in [-0.3, -0.25) is 4.79 Å². The number of nitrogens with one attached hydrogen (secondary N) is 1. The fourth-order valence-electron chi connectivity index (χ4n) is 3.60. The first-order valence-electron chi connectivity index (χ1n) is 8.85. The maximum Gasteiger partial charge on any atom is 0.256 e. The van der Waals surface area contributed by atoms with E-state index in [4.69, 9.17) is 4.74 Å². The Morgan fingerprint density at radius 2 is 2.12 bits per heavy atom. The molecule has 0 unspecified atom stereocenters. The summed E-state index contributed by atoms with van der Waals surface area (Å²) in [5.41, 5.74) is 1.96. The molecule has 3 aromatic rings. The zero-order chi connectivity index (χ0) is 17.2. The van der Waals surface area contributed by atoms with Gasteiger partial charge >= 0.3 is 0 Å². The van der Waals surface area contributed by atoms with Crippen molar-refractivity contribution in [3.05, 3.63) is 36.2 Å². The van der Waals surface area contributed by atoms with E-state index in [0.717, 1.165) is 23.2 Å². The number of nitrogens with zero attached hydrogens (tertiary/aromatic N) is 3. The van der Waals surface area contributed by atoms with Gasteiger partial charge in [-0.15, -0.1) is 0 Å². The van der Waals surface area contributed by atoms with Crippen LogP contribution in [0.3, 0.4) is 0 Å². The minimum Gasteiger partial charge on any atom is -0.497 e. The maximum absolute atomic E-state index is 12.6. The van der Waals surface area contributed by atoms with Crippen LogP contribution in [0.2, 0.25) is 0 Å². The zero-order valence-corrected chi connectivity index (χ0v) is 14.4. The number of hydrogen-bond acceptors (Lipinski definition) is 4. The Morgan fingerprint density at radius 3 is 2.92 bits per heavy atom.